The number of nitrogens with zero attached hydrogens (tertiary/aromatic N) is 3. The van der Waals surface area contributed by atoms with E-state index in [9.17, 15) is 102 Å². The number of hydrazine groups is 1. The molecule has 692 valence electrons. The maximum atomic E-state index is 15.0. The van der Waals surface area contributed by atoms with Crippen molar-refractivity contribution >= 4 is 134 Å². The van der Waals surface area contributed by atoms with Gasteiger partial charge in [-0.1, -0.05) is 143 Å². The number of likely N-dealkylation sites (N-methyl/N-ethyl adjacent to an activating group) is 1. The number of benzene rings is 3. The number of likely N-dealkylation sites (tertiary alicyclic amines) is 1. The summed E-state index contributed by atoms with van der Waals surface area (Å²) in [6.07, 6.45) is -0.735. The summed E-state index contributed by atoms with van der Waals surface area (Å²) >= 11 is 1.01. The number of urea groups is 2. The molecular formula is C83H116N14O26S3. The topological polar surface area (TPSA) is 591 Å². The number of piperidine rings is 1. The summed E-state index contributed by atoms with van der Waals surface area (Å²) in [5, 5.41) is 82.0. The number of rotatable bonds is 54. The number of aromatic nitrogens is 1. The minimum Gasteiger partial charge on any atom is -0.508 e. The van der Waals surface area contributed by atoms with Crippen molar-refractivity contribution in [2.75, 3.05) is 45.0 Å². The van der Waals surface area contributed by atoms with Crippen molar-refractivity contribution in [2.24, 2.45) is 17.8 Å². The minimum absolute atomic E-state index is 0.0255. The fourth-order valence-corrected chi connectivity index (χ4v) is 15.9. The van der Waals surface area contributed by atoms with E-state index in [0.29, 0.717) is 48.1 Å². The maximum absolute atomic E-state index is 15.0. The molecule has 2 heterocycles. The van der Waals surface area contributed by atoms with Crippen LogP contribution >= 0.6 is 32.9 Å². The van der Waals surface area contributed by atoms with E-state index in [4.69, 9.17) is 19.3 Å². The quantitative estimate of drug-likeness (QED) is 0.00686. The molecule has 0 radical (unpaired) electrons. The molecular weight excluding hydrogens is 1710 g/mol. The largest absolute Gasteiger partial charge is 0.508 e. The van der Waals surface area contributed by atoms with Gasteiger partial charge in [-0.2, -0.15) is 0 Å². The molecule has 1 aromatic heterocycles. The lowest BCUT2D eigenvalue weighted by Gasteiger charge is -2.39. The lowest BCUT2D eigenvalue weighted by molar-refractivity contribution is -0.161. The van der Waals surface area contributed by atoms with Crippen LogP contribution in [0.3, 0.4) is 0 Å². The highest BCUT2D eigenvalue weighted by Crippen LogP contribution is 2.33. The van der Waals surface area contributed by atoms with Crippen LogP contribution in [-0.4, -0.2) is 246 Å². The summed E-state index contributed by atoms with van der Waals surface area (Å²) in [6, 6.07) is 8.30. The molecule has 3 aromatic carbocycles. The molecule has 1 aliphatic heterocycles. The van der Waals surface area contributed by atoms with Crippen LogP contribution in [0.15, 0.2) is 84.2 Å². The number of esters is 2. The summed E-state index contributed by atoms with van der Waals surface area (Å²) in [4.78, 5) is 228. The molecule has 5 rings (SSSR count). The van der Waals surface area contributed by atoms with Crippen LogP contribution in [0.4, 0.5) is 14.4 Å². The van der Waals surface area contributed by atoms with Gasteiger partial charge in [0.1, 0.15) is 59.3 Å². The summed E-state index contributed by atoms with van der Waals surface area (Å²) in [5.41, 5.74) is 6.66. The van der Waals surface area contributed by atoms with Gasteiger partial charge in [-0.05, 0) is 118 Å². The zero-order chi connectivity index (χ0) is 93.1. The van der Waals surface area contributed by atoms with Crippen molar-refractivity contribution in [3.05, 3.63) is 117 Å². The summed E-state index contributed by atoms with van der Waals surface area (Å²) in [6.45, 7) is 12.1. The molecule has 0 aliphatic carbocycles. The molecule has 0 saturated carbocycles. The Morgan fingerprint density at radius 3 is 1.88 bits per heavy atom. The van der Waals surface area contributed by atoms with Gasteiger partial charge in [0.25, 0.3) is 5.91 Å². The number of carboxylic acids is 5. The molecule has 40 nitrogen and oxygen atoms in total. The first kappa shape index (κ1) is 105. The van der Waals surface area contributed by atoms with Crippen molar-refractivity contribution < 1.29 is 126 Å². The van der Waals surface area contributed by atoms with E-state index in [1.165, 1.54) is 36.3 Å². The third kappa shape index (κ3) is 38.3. The van der Waals surface area contributed by atoms with Crippen molar-refractivity contribution in [3.63, 3.8) is 0 Å². The van der Waals surface area contributed by atoms with Crippen molar-refractivity contribution in [2.45, 2.75) is 225 Å². The van der Waals surface area contributed by atoms with E-state index in [2.05, 4.69) is 58.4 Å². The fraction of sp³-hybridized carbons (Fsp3) is 0.542. The second-order valence-corrected chi connectivity index (χ2v) is 34.1. The first-order valence-corrected chi connectivity index (χ1v) is 44.6. The number of nitrogens with one attached hydrogen (secondary N) is 11. The van der Waals surface area contributed by atoms with Crippen LogP contribution in [0.5, 0.6) is 5.75 Å². The van der Waals surface area contributed by atoms with Gasteiger partial charge in [0.05, 0.1) is 18.9 Å². The Morgan fingerprint density at radius 1 is 0.627 bits per heavy atom. The summed E-state index contributed by atoms with van der Waals surface area (Å²) < 4.78 is 16.8. The zero-order valence-electron chi connectivity index (χ0n) is 71.5. The minimum atomic E-state index is -1.85. The van der Waals surface area contributed by atoms with E-state index in [1.54, 1.807) is 73.7 Å². The van der Waals surface area contributed by atoms with Gasteiger partial charge in [-0.15, -0.1) is 11.3 Å². The van der Waals surface area contributed by atoms with Gasteiger partial charge in [0.15, 0.2) is 12.8 Å². The molecule has 1 unspecified atom stereocenters. The first-order valence-electron chi connectivity index (χ1n) is 41.2. The third-order valence-electron chi connectivity index (χ3n) is 20.2. The van der Waals surface area contributed by atoms with E-state index >= 15 is 4.79 Å². The van der Waals surface area contributed by atoms with Crippen LogP contribution in [-0.2, 0) is 102 Å². The Bertz CT molecular complexity index is 4320. The number of aromatic hydroxyl groups is 1. The number of hydrogen-bond acceptors (Lipinski definition) is 26. The second-order valence-electron chi connectivity index (χ2n) is 30.6. The van der Waals surface area contributed by atoms with Crippen LogP contribution in [0, 0.1) is 17.8 Å². The van der Waals surface area contributed by atoms with E-state index < -0.39 is 188 Å². The smallest absolute Gasteiger partial charge is 0.426 e. The predicted molar refractivity (Wildman–Crippen MR) is 460 cm³/mol. The van der Waals surface area contributed by atoms with Gasteiger partial charge in [0, 0.05) is 80.6 Å². The molecule has 12 atom stereocenters. The molecule has 17 N–H and O–H groups in total. The fourth-order valence-electron chi connectivity index (χ4n) is 13.1. The number of phenolic OH excluding ortho intramolecular Hbond substituents is 1. The lowest BCUT2D eigenvalue weighted by atomic mass is 9.92. The highest BCUT2D eigenvalue weighted by atomic mass is 33.1. The number of amides is 12. The number of unbranched alkanes of at least 4 members (excludes halogenated alkanes) is 1. The maximum Gasteiger partial charge on any atom is 0.426 e. The predicted octanol–water partition coefficient (Wildman–Crippen LogP) is 5.06. The number of hydrogen-bond donors (Lipinski definition) is 17. The molecule has 4 aromatic rings. The molecule has 1 saturated heterocycles. The SMILES string of the molecule is CCCC(=O)OCN(C(=O)[C@@H](NC(=O)[C@H]1CCCCN1C)C(C)CC)[C@H](C[C@@H](OC(C)=O)c1nc(C(=O)N[C@@H](Cc2ccc(O)cc2)C[C@H](C)C(=O)NNC(=O)OCCSSC[C@H](NC(=O)[C@H](CC(=O)O)NC(=O)[C@H](Cc2ccccc2)NC(=O)Cc2ccc(CNC(=O)NCCCC[C@H](NC(=O)N[C@@H](CCC(=O)O)C(=O)O)C(=O)O)cc2)C(=O)O)cs1)C(C)C. The van der Waals surface area contributed by atoms with Crippen molar-refractivity contribution in [3.8, 4) is 5.75 Å². The Kier molecular flexibility index (Phi) is 45.5. The van der Waals surface area contributed by atoms with E-state index in [-0.39, 0.29) is 123 Å². The van der Waals surface area contributed by atoms with Crippen LogP contribution < -0.4 is 58.7 Å². The molecule has 0 spiro atoms. The molecule has 1 fully saturated rings. The number of ether oxygens (including phenoxy) is 3. The molecule has 126 heavy (non-hydrogen) atoms. The molecule has 1 aliphatic rings. The van der Waals surface area contributed by atoms with Gasteiger partial charge < -0.3 is 97.6 Å². The Labute approximate surface area is 740 Å². The number of carboxylic acid groups (broad SMARTS) is 5. The average molecular weight is 1820 g/mol. The number of carbonyl (C=O) groups is 17. The molecule has 12 amide bonds. The number of thiazole rings is 1. The van der Waals surface area contributed by atoms with Crippen molar-refractivity contribution in [1.82, 2.24) is 73.5 Å². The number of carbonyl (C=O) groups excluding carboxylic acids is 12. The first-order chi connectivity index (χ1) is 59.8. The van der Waals surface area contributed by atoms with E-state index in [1.807, 2.05) is 45.0 Å². The zero-order valence-corrected chi connectivity index (χ0v) is 73.9. The Hall–Kier alpha value is -11.9. The monoisotopic (exact) mass is 1820 g/mol. The average Bonchev–Trinajstić information content (AvgIpc) is 1.24. The number of phenols is 1. The normalized spacial score (nSPS) is 15.1. The van der Waals surface area contributed by atoms with Gasteiger partial charge in [-0.25, -0.2) is 39.2 Å². The van der Waals surface area contributed by atoms with Gasteiger partial charge in [0.2, 0.25) is 35.4 Å². The van der Waals surface area contributed by atoms with Gasteiger partial charge in [-0.3, -0.25) is 63.1 Å². The summed E-state index contributed by atoms with van der Waals surface area (Å²) in [7, 11) is 3.81. The molecule has 43 heteroatoms. The van der Waals surface area contributed by atoms with E-state index in [0.717, 1.165) is 45.8 Å². The van der Waals surface area contributed by atoms with Crippen LogP contribution in [0.25, 0.3) is 0 Å². The third-order valence-corrected chi connectivity index (χ3v) is 23.5. The lowest BCUT2D eigenvalue weighted by Crippen LogP contribution is -2.59. The van der Waals surface area contributed by atoms with Crippen LogP contribution in [0.1, 0.15) is 182 Å². The Balaban J connectivity index is 1.12. The highest BCUT2D eigenvalue weighted by Gasteiger charge is 2.41. The van der Waals surface area contributed by atoms with Gasteiger partial charge >= 0.3 is 59.9 Å². The van der Waals surface area contributed by atoms with Crippen LogP contribution in [0.2, 0.25) is 0 Å². The second kappa shape index (κ2) is 54.8. The highest BCUT2D eigenvalue weighted by molar-refractivity contribution is 8.76. The summed E-state index contributed by atoms with van der Waals surface area (Å²) in [5.74, 6) is -15.5. The van der Waals surface area contributed by atoms with Crippen molar-refractivity contribution in [1.29, 1.82) is 0 Å². The number of aliphatic carboxylic acids is 5. The standard InChI is InChI=1S/C83H116N14O26S3/c1-9-18-69(105)122-46-97(77(111)70(48(5)10-2)93-75(110)63-22-15-17-34-96(63)8)64(47(3)4)42-65(123-50(7)98)76-90-61(44-124-76)74(109)86-55(38-52-27-29-56(99)30-28-52)37-49(6)71(106)94-95-83(120)121-35-36-125-126-45-62(80(116)117)89-73(108)60(41-68(103)104)88-72(107)59(39-51-19-12-11-13-20-51)87-66(100)40-53-23-25-54(26-24-53)43-85-81(118)84-33-16-14-21-57(78(112)113)91-82(119)92-58(79(114)115)31-32-67(101)102/h11-13,19-20,23-30,44,47-49,55,57-60,62-65,70,99H,9-10,14-18,21-22,31-43,45-46H2,1-8H3,(H,86,109)(H,87,100)(H,88,107)(H,89,108)(H,93,110)(H,94,106)(H,95,120)(H,101,102)(H,103,104)(H,112,113)(H,114,115)(H,116,117)(H2,84,85,118)(H2,91,92,119)/t48?,49-,55+,57-,58-,59-,60-,62-,63+,64+,65+,70-/m0/s1. The Morgan fingerprint density at radius 2 is 1.26 bits per heavy atom. The molecule has 0 bridgehead atoms.